The highest BCUT2D eigenvalue weighted by atomic mass is 32.2. The second-order valence-corrected chi connectivity index (χ2v) is 10.9. The van der Waals surface area contributed by atoms with Crippen LogP contribution in [0, 0.1) is 28.6 Å². The lowest BCUT2D eigenvalue weighted by Crippen LogP contribution is -2.51. The van der Waals surface area contributed by atoms with Gasteiger partial charge in [-0.05, 0) is 54.9 Å². The van der Waals surface area contributed by atoms with Gasteiger partial charge in [-0.15, -0.1) is 11.8 Å². The molecule has 6 unspecified atom stereocenters. The molecule has 26 heavy (non-hydrogen) atoms. The molecule has 1 saturated heterocycles. The second-order valence-electron chi connectivity index (χ2n) is 9.45. The maximum absolute atomic E-state index is 12.6. The topological polar surface area (TPSA) is 43.4 Å². The summed E-state index contributed by atoms with van der Waals surface area (Å²) in [7, 11) is 1.43. The highest BCUT2D eigenvalue weighted by Crippen LogP contribution is 2.75. The van der Waals surface area contributed by atoms with Gasteiger partial charge in [0, 0.05) is 10.7 Å². The summed E-state index contributed by atoms with van der Waals surface area (Å²) in [6.45, 7) is 10.8. The molecule has 3 aliphatic carbocycles. The Balaban J connectivity index is 1.72. The molecule has 0 aromatic heterocycles. The summed E-state index contributed by atoms with van der Waals surface area (Å²) in [6.07, 6.45) is 9.16. The molecule has 0 aromatic rings. The Labute approximate surface area is 161 Å². The molecule has 0 aromatic carbocycles. The average Bonchev–Trinajstić information content (AvgIpc) is 3.22. The SMILES string of the molecule is C=C1C(C2(C)C=CC(=O)C(C)(C)C2CC(=O)OC)CCC2CCC3SC123. The molecular weight excluding hydrogens is 344 g/mol. The number of ether oxygens (including phenoxy) is 1. The van der Waals surface area contributed by atoms with Crippen molar-refractivity contribution in [1.29, 1.82) is 0 Å². The van der Waals surface area contributed by atoms with Crippen molar-refractivity contribution >= 4 is 23.5 Å². The minimum Gasteiger partial charge on any atom is -0.469 e. The van der Waals surface area contributed by atoms with E-state index in [1.165, 1.54) is 31.9 Å². The molecule has 4 heteroatoms. The van der Waals surface area contributed by atoms with Crippen molar-refractivity contribution in [3.8, 4) is 0 Å². The van der Waals surface area contributed by atoms with Gasteiger partial charge in [0.1, 0.15) is 0 Å². The molecule has 1 spiro atoms. The van der Waals surface area contributed by atoms with Crippen LogP contribution in [0.25, 0.3) is 0 Å². The number of allylic oxidation sites excluding steroid dienone is 2. The zero-order valence-electron chi connectivity index (χ0n) is 16.3. The highest BCUT2D eigenvalue weighted by Gasteiger charge is 2.69. The number of thioether (sulfide) groups is 1. The van der Waals surface area contributed by atoms with E-state index in [0.717, 1.165) is 17.6 Å². The lowest BCUT2D eigenvalue weighted by molar-refractivity contribution is -0.147. The molecule has 142 valence electrons. The summed E-state index contributed by atoms with van der Waals surface area (Å²) in [6, 6.07) is 0. The number of carbonyl (C=O) groups excluding carboxylic acids is 2. The van der Waals surface area contributed by atoms with Crippen molar-refractivity contribution in [2.45, 2.75) is 62.9 Å². The van der Waals surface area contributed by atoms with Crippen LogP contribution in [0.5, 0.6) is 0 Å². The molecule has 6 atom stereocenters. The van der Waals surface area contributed by atoms with Gasteiger partial charge < -0.3 is 4.74 Å². The minimum atomic E-state index is -0.571. The van der Waals surface area contributed by atoms with E-state index in [-0.39, 0.29) is 29.5 Å². The summed E-state index contributed by atoms with van der Waals surface area (Å²) < 4.78 is 5.28. The van der Waals surface area contributed by atoms with Crippen molar-refractivity contribution in [1.82, 2.24) is 0 Å². The number of hydrogen-bond donors (Lipinski definition) is 0. The normalized spacial score (nSPS) is 45.8. The maximum atomic E-state index is 12.6. The van der Waals surface area contributed by atoms with Gasteiger partial charge in [-0.25, -0.2) is 0 Å². The number of ketones is 1. The van der Waals surface area contributed by atoms with Crippen LogP contribution in [-0.2, 0) is 14.3 Å². The molecule has 0 amide bonds. The first kappa shape index (κ1) is 18.3. The maximum Gasteiger partial charge on any atom is 0.305 e. The van der Waals surface area contributed by atoms with Crippen LogP contribution in [0.2, 0.25) is 0 Å². The van der Waals surface area contributed by atoms with E-state index in [1.54, 1.807) is 6.08 Å². The zero-order valence-corrected chi connectivity index (χ0v) is 17.2. The summed E-state index contributed by atoms with van der Waals surface area (Å²) in [5.41, 5.74) is 0.574. The second kappa shape index (κ2) is 5.73. The number of esters is 1. The predicted molar refractivity (Wildman–Crippen MR) is 105 cm³/mol. The quantitative estimate of drug-likeness (QED) is 0.412. The third kappa shape index (κ3) is 2.26. The fourth-order valence-electron chi connectivity index (χ4n) is 6.42. The van der Waals surface area contributed by atoms with Gasteiger partial charge in [0.2, 0.25) is 0 Å². The number of methoxy groups -OCH3 is 1. The molecule has 4 aliphatic rings. The summed E-state index contributed by atoms with van der Waals surface area (Å²) in [5.74, 6) is 0.923. The first-order valence-electron chi connectivity index (χ1n) is 9.85. The van der Waals surface area contributed by atoms with Gasteiger partial charge in [0.25, 0.3) is 0 Å². The van der Waals surface area contributed by atoms with Crippen LogP contribution in [0.3, 0.4) is 0 Å². The molecular formula is C22H30O3S. The number of carbonyl (C=O) groups is 2. The average molecular weight is 375 g/mol. The number of hydrogen-bond acceptors (Lipinski definition) is 4. The lowest BCUT2D eigenvalue weighted by Gasteiger charge is -2.53. The summed E-state index contributed by atoms with van der Waals surface area (Å²) >= 11 is 2.12. The van der Waals surface area contributed by atoms with Gasteiger partial charge in [-0.2, -0.15) is 0 Å². The first-order valence-corrected chi connectivity index (χ1v) is 10.7. The van der Waals surface area contributed by atoms with Gasteiger partial charge in [-0.3, -0.25) is 9.59 Å². The smallest absolute Gasteiger partial charge is 0.305 e. The van der Waals surface area contributed by atoms with Crippen molar-refractivity contribution < 1.29 is 14.3 Å². The van der Waals surface area contributed by atoms with E-state index in [1.807, 2.05) is 13.8 Å². The Bertz CT molecular complexity index is 708. The van der Waals surface area contributed by atoms with E-state index >= 15 is 0 Å². The van der Waals surface area contributed by atoms with E-state index in [2.05, 4.69) is 31.3 Å². The molecule has 2 saturated carbocycles. The third-order valence-electron chi connectivity index (χ3n) is 8.07. The molecule has 0 N–H and O–H groups in total. The minimum absolute atomic E-state index is 0.0711. The number of rotatable bonds is 3. The zero-order chi connectivity index (χ0) is 18.9. The standard InChI is InChI=1S/C22H30O3S/c1-13-15(8-6-14-7-9-18-22(13,14)26-18)21(4)11-10-17(23)20(2,3)16(21)12-19(24)25-5/h10-11,14-16,18H,1,6-9,12H2,2-5H3. The van der Waals surface area contributed by atoms with Gasteiger partial charge in [0.15, 0.2) is 5.78 Å². The Morgan fingerprint density at radius 2 is 1.96 bits per heavy atom. The van der Waals surface area contributed by atoms with Crippen molar-refractivity contribution in [3.63, 3.8) is 0 Å². The van der Waals surface area contributed by atoms with Crippen LogP contribution in [0.15, 0.2) is 24.3 Å². The highest BCUT2D eigenvalue weighted by molar-refractivity contribution is 8.09. The fraction of sp³-hybridized carbons (Fsp3) is 0.727. The summed E-state index contributed by atoms with van der Waals surface area (Å²) in [4.78, 5) is 24.8. The van der Waals surface area contributed by atoms with Crippen LogP contribution >= 0.6 is 11.8 Å². The van der Waals surface area contributed by atoms with Crippen LogP contribution in [-0.4, -0.2) is 28.9 Å². The Kier molecular flexibility index (Phi) is 4.04. The molecule has 4 rings (SSSR count). The molecule has 0 radical (unpaired) electrons. The van der Waals surface area contributed by atoms with E-state index in [9.17, 15) is 9.59 Å². The van der Waals surface area contributed by atoms with E-state index in [4.69, 9.17) is 4.74 Å². The van der Waals surface area contributed by atoms with E-state index < -0.39 is 5.41 Å². The predicted octanol–water partition coefficient (Wildman–Crippen LogP) is 4.57. The van der Waals surface area contributed by atoms with Crippen LogP contribution in [0.4, 0.5) is 0 Å². The van der Waals surface area contributed by atoms with Crippen molar-refractivity contribution in [3.05, 3.63) is 24.3 Å². The van der Waals surface area contributed by atoms with Crippen LogP contribution < -0.4 is 0 Å². The molecule has 3 nitrogen and oxygen atoms in total. The summed E-state index contributed by atoms with van der Waals surface area (Å²) in [5, 5.41) is 0.757. The fourth-order valence-corrected chi connectivity index (χ4v) is 8.26. The van der Waals surface area contributed by atoms with E-state index in [0.29, 0.717) is 10.7 Å². The molecule has 0 bridgehead atoms. The third-order valence-corrected chi connectivity index (χ3v) is 9.98. The van der Waals surface area contributed by atoms with Gasteiger partial charge in [0.05, 0.1) is 18.3 Å². The van der Waals surface area contributed by atoms with Crippen molar-refractivity contribution in [2.75, 3.05) is 7.11 Å². The Morgan fingerprint density at radius 1 is 1.27 bits per heavy atom. The van der Waals surface area contributed by atoms with Crippen molar-refractivity contribution in [2.24, 2.45) is 28.6 Å². The molecule has 3 fully saturated rings. The lowest BCUT2D eigenvalue weighted by atomic mass is 9.50. The first-order chi connectivity index (χ1) is 12.2. The Morgan fingerprint density at radius 3 is 2.62 bits per heavy atom. The van der Waals surface area contributed by atoms with Gasteiger partial charge in [-0.1, -0.05) is 39.0 Å². The molecule has 1 aliphatic heterocycles. The van der Waals surface area contributed by atoms with Gasteiger partial charge >= 0.3 is 5.97 Å². The Hall–Kier alpha value is -1.03. The monoisotopic (exact) mass is 374 g/mol. The largest absolute Gasteiger partial charge is 0.469 e. The molecule has 1 heterocycles. The van der Waals surface area contributed by atoms with Crippen LogP contribution in [0.1, 0.15) is 52.9 Å².